The highest BCUT2D eigenvalue weighted by molar-refractivity contribution is 6.09. The molecule has 0 unspecified atom stereocenters. The fourth-order valence-electron chi connectivity index (χ4n) is 1.64. The molecule has 0 amide bonds. The highest BCUT2D eigenvalue weighted by Gasteiger charge is 2.15. The van der Waals surface area contributed by atoms with Crippen LogP contribution in [0.15, 0.2) is 42.5 Å². The molecule has 5 nitrogen and oxygen atoms in total. The van der Waals surface area contributed by atoms with E-state index in [4.69, 9.17) is 5.73 Å². The van der Waals surface area contributed by atoms with E-state index < -0.39 is 23.0 Å². The number of rotatable bonds is 3. The van der Waals surface area contributed by atoms with Gasteiger partial charge in [0.1, 0.15) is 0 Å². The number of carbonyl (C=O) groups is 1. The molecule has 0 atom stereocenters. The first kappa shape index (κ1) is 13.5. The van der Waals surface area contributed by atoms with Gasteiger partial charge >= 0.3 is 0 Å². The Balaban J connectivity index is 2.24. The molecular formula is C15H13NO4. The van der Waals surface area contributed by atoms with E-state index in [0.29, 0.717) is 5.69 Å². The van der Waals surface area contributed by atoms with Crippen LogP contribution in [0.1, 0.15) is 15.9 Å². The summed E-state index contributed by atoms with van der Waals surface area (Å²) in [5, 5.41) is 28.2. The number of aromatic hydroxyl groups is 3. The number of hydrogen-bond donors (Lipinski definition) is 4. The molecule has 0 aliphatic heterocycles. The standard InChI is InChI=1S/C15H13NO4/c16-10-4-1-9(2-5-10)3-7-12(17)11-6-8-13(18)15(20)14(11)19/h1-8,18-20H,16H2/b7-3+. The minimum Gasteiger partial charge on any atom is -0.504 e. The molecule has 0 fully saturated rings. The zero-order chi connectivity index (χ0) is 14.7. The van der Waals surface area contributed by atoms with E-state index in [9.17, 15) is 20.1 Å². The minimum atomic E-state index is -0.711. The topological polar surface area (TPSA) is 104 Å². The third kappa shape index (κ3) is 2.72. The van der Waals surface area contributed by atoms with Crippen LogP contribution in [0.3, 0.4) is 0 Å². The third-order valence-corrected chi connectivity index (χ3v) is 2.76. The van der Waals surface area contributed by atoms with E-state index in [1.807, 2.05) is 0 Å². The number of carbonyl (C=O) groups excluding carboxylic acids is 1. The summed E-state index contributed by atoms with van der Waals surface area (Å²) >= 11 is 0. The summed E-state index contributed by atoms with van der Waals surface area (Å²) in [7, 11) is 0. The average Bonchev–Trinajstić information content (AvgIpc) is 2.44. The number of benzene rings is 2. The van der Waals surface area contributed by atoms with Crippen molar-refractivity contribution in [3.05, 3.63) is 53.6 Å². The molecule has 0 aliphatic carbocycles. The second-order valence-corrected chi connectivity index (χ2v) is 4.19. The van der Waals surface area contributed by atoms with Gasteiger partial charge in [-0.25, -0.2) is 0 Å². The van der Waals surface area contributed by atoms with Gasteiger partial charge < -0.3 is 21.1 Å². The van der Waals surface area contributed by atoms with Gasteiger partial charge in [-0.3, -0.25) is 4.79 Å². The number of nitrogen functional groups attached to an aromatic ring is 1. The van der Waals surface area contributed by atoms with Gasteiger partial charge in [0, 0.05) is 5.69 Å². The van der Waals surface area contributed by atoms with Crippen molar-refractivity contribution in [2.75, 3.05) is 5.73 Å². The van der Waals surface area contributed by atoms with Crippen molar-refractivity contribution in [2.24, 2.45) is 0 Å². The van der Waals surface area contributed by atoms with Crippen molar-refractivity contribution in [1.29, 1.82) is 0 Å². The smallest absolute Gasteiger partial charge is 0.201 e. The number of ketones is 1. The highest BCUT2D eigenvalue weighted by Crippen LogP contribution is 2.37. The monoisotopic (exact) mass is 271 g/mol. The molecule has 20 heavy (non-hydrogen) atoms. The molecule has 5 N–H and O–H groups in total. The zero-order valence-corrected chi connectivity index (χ0v) is 10.4. The summed E-state index contributed by atoms with van der Waals surface area (Å²) in [5.41, 5.74) is 6.85. The number of anilines is 1. The van der Waals surface area contributed by atoms with E-state index >= 15 is 0 Å². The summed E-state index contributed by atoms with van der Waals surface area (Å²) in [6.07, 6.45) is 2.82. The second-order valence-electron chi connectivity index (χ2n) is 4.19. The number of allylic oxidation sites excluding steroid dienone is 1. The largest absolute Gasteiger partial charge is 0.504 e. The van der Waals surface area contributed by atoms with Crippen molar-refractivity contribution in [2.45, 2.75) is 0 Å². The summed E-state index contributed by atoms with van der Waals surface area (Å²) in [6.45, 7) is 0. The molecule has 0 heterocycles. The lowest BCUT2D eigenvalue weighted by molar-refractivity contribution is 0.104. The minimum absolute atomic E-state index is 0.0907. The van der Waals surface area contributed by atoms with E-state index in [1.54, 1.807) is 30.3 Å². The van der Waals surface area contributed by atoms with Crippen LogP contribution >= 0.6 is 0 Å². The van der Waals surface area contributed by atoms with E-state index in [1.165, 1.54) is 12.1 Å². The molecule has 102 valence electrons. The van der Waals surface area contributed by atoms with Crippen LogP contribution in [-0.4, -0.2) is 21.1 Å². The molecule has 0 spiro atoms. The highest BCUT2D eigenvalue weighted by atomic mass is 16.3. The lowest BCUT2D eigenvalue weighted by atomic mass is 10.1. The molecular weight excluding hydrogens is 258 g/mol. The SMILES string of the molecule is Nc1ccc(/C=C/C(=O)c2ccc(O)c(O)c2O)cc1. The molecule has 0 radical (unpaired) electrons. The summed E-state index contributed by atoms with van der Waals surface area (Å²) < 4.78 is 0. The summed E-state index contributed by atoms with van der Waals surface area (Å²) in [6, 6.07) is 9.27. The lowest BCUT2D eigenvalue weighted by Crippen LogP contribution is -1.95. The van der Waals surface area contributed by atoms with Crippen molar-refractivity contribution in [1.82, 2.24) is 0 Å². The predicted octanol–water partition coefficient (Wildman–Crippen LogP) is 2.28. The van der Waals surface area contributed by atoms with Gasteiger partial charge in [-0.15, -0.1) is 0 Å². The third-order valence-electron chi connectivity index (χ3n) is 2.76. The average molecular weight is 271 g/mol. The molecule has 0 aromatic heterocycles. The zero-order valence-electron chi connectivity index (χ0n) is 10.4. The first-order valence-corrected chi connectivity index (χ1v) is 5.81. The van der Waals surface area contributed by atoms with Crippen molar-refractivity contribution in [3.8, 4) is 17.2 Å². The molecule has 0 saturated carbocycles. The maximum absolute atomic E-state index is 11.9. The predicted molar refractivity (Wildman–Crippen MR) is 75.7 cm³/mol. The Morgan fingerprint density at radius 1 is 0.950 bits per heavy atom. The second kappa shape index (κ2) is 5.36. The Morgan fingerprint density at radius 3 is 2.25 bits per heavy atom. The van der Waals surface area contributed by atoms with Crippen LogP contribution in [0.2, 0.25) is 0 Å². The van der Waals surface area contributed by atoms with Crippen molar-refractivity contribution >= 4 is 17.5 Å². The Hall–Kier alpha value is -2.95. The maximum Gasteiger partial charge on any atom is 0.201 e. The van der Waals surface area contributed by atoms with Gasteiger partial charge in [0.25, 0.3) is 0 Å². The molecule has 2 aromatic carbocycles. The van der Waals surface area contributed by atoms with Crippen LogP contribution in [0, 0.1) is 0 Å². The van der Waals surface area contributed by atoms with E-state index in [-0.39, 0.29) is 5.56 Å². The van der Waals surface area contributed by atoms with Gasteiger partial charge in [-0.05, 0) is 35.9 Å². The van der Waals surface area contributed by atoms with E-state index in [0.717, 1.165) is 11.6 Å². The lowest BCUT2D eigenvalue weighted by Gasteiger charge is -2.04. The Kier molecular flexibility index (Phi) is 3.61. The number of hydrogen-bond acceptors (Lipinski definition) is 5. The van der Waals surface area contributed by atoms with Gasteiger partial charge in [-0.2, -0.15) is 0 Å². The van der Waals surface area contributed by atoms with Crippen LogP contribution in [0.5, 0.6) is 17.2 Å². The summed E-state index contributed by atoms with van der Waals surface area (Å²) in [4.78, 5) is 11.9. The molecule has 0 saturated heterocycles. The van der Waals surface area contributed by atoms with Crippen molar-refractivity contribution < 1.29 is 20.1 Å². The first-order valence-electron chi connectivity index (χ1n) is 5.81. The quantitative estimate of drug-likeness (QED) is 0.297. The van der Waals surface area contributed by atoms with Crippen LogP contribution in [0.25, 0.3) is 6.08 Å². The maximum atomic E-state index is 11.9. The fraction of sp³-hybridized carbons (Fsp3) is 0. The van der Waals surface area contributed by atoms with Gasteiger partial charge in [0.2, 0.25) is 5.75 Å². The molecule has 2 rings (SSSR count). The van der Waals surface area contributed by atoms with Crippen molar-refractivity contribution in [3.63, 3.8) is 0 Å². The molecule has 5 heteroatoms. The van der Waals surface area contributed by atoms with Gasteiger partial charge in [0.05, 0.1) is 5.56 Å². The summed E-state index contributed by atoms with van der Waals surface area (Å²) in [5.74, 6) is -2.33. The van der Waals surface area contributed by atoms with Crippen LogP contribution in [-0.2, 0) is 0 Å². The molecule has 0 bridgehead atoms. The Morgan fingerprint density at radius 2 is 1.60 bits per heavy atom. The van der Waals surface area contributed by atoms with Gasteiger partial charge in [-0.1, -0.05) is 18.2 Å². The number of phenolic OH excluding ortho intramolecular Hbond substituents is 3. The van der Waals surface area contributed by atoms with Gasteiger partial charge in [0.15, 0.2) is 17.3 Å². The fourth-order valence-corrected chi connectivity index (χ4v) is 1.64. The Labute approximate surface area is 115 Å². The first-order chi connectivity index (χ1) is 9.49. The van der Waals surface area contributed by atoms with Crippen LogP contribution < -0.4 is 5.73 Å². The normalized spacial score (nSPS) is 10.8. The molecule has 0 aliphatic rings. The van der Waals surface area contributed by atoms with E-state index in [2.05, 4.69) is 0 Å². The molecule has 2 aromatic rings. The van der Waals surface area contributed by atoms with Crippen LogP contribution in [0.4, 0.5) is 5.69 Å². The number of phenols is 3. The Bertz CT molecular complexity index is 675. The number of nitrogens with two attached hydrogens (primary N) is 1.